The lowest BCUT2D eigenvalue weighted by atomic mass is 9.59. The minimum Gasteiger partial charge on any atom is -0.502 e. The lowest BCUT2D eigenvalue weighted by Gasteiger charge is -2.45. The third-order valence-electron chi connectivity index (χ3n) is 4.64. The largest absolute Gasteiger partial charge is 0.502 e. The fourth-order valence-corrected chi connectivity index (χ4v) is 4.36. The summed E-state index contributed by atoms with van der Waals surface area (Å²) in [5.74, 6) is -2.13. The molecule has 1 aromatic heterocycles. The van der Waals surface area contributed by atoms with Gasteiger partial charge in [0.1, 0.15) is 0 Å². The molecule has 1 heterocycles. The van der Waals surface area contributed by atoms with Crippen LogP contribution >= 0.6 is 11.8 Å². The quantitative estimate of drug-likeness (QED) is 0.505. The van der Waals surface area contributed by atoms with Gasteiger partial charge < -0.3 is 20.5 Å². The molecule has 3 rings (SSSR count). The highest BCUT2D eigenvalue weighted by atomic mass is 32.2. The smallest absolute Gasteiger partial charge is 0.332 e. The first-order valence-corrected chi connectivity index (χ1v) is 8.43. The standard InChI is InChI=1S/C15H17N3O5S/c1-18-4-8(19)13(21)17-15(18)24-5-6-2-3-7-10(9(6)14(22)23)12(20)11(7)16/h4,7,10-11,19H,2-3,5,16H2,1H3,(H,22,23). The second-order valence-electron chi connectivity index (χ2n) is 6.04. The second kappa shape index (κ2) is 6.06. The van der Waals surface area contributed by atoms with Gasteiger partial charge in [-0.15, -0.1) is 0 Å². The molecule has 1 saturated carbocycles. The van der Waals surface area contributed by atoms with Gasteiger partial charge in [-0.25, -0.2) is 4.79 Å². The summed E-state index contributed by atoms with van der Waals surface area (Å²) >= 11 is 1.20. The summed E-state index contributed by atoms with van der Waals surface area (Å²) in [7, 11) is 1.63. The Hall–Kier alpha value is -2.13. The number of nitrogens with two attached hydrogens (primary N) is 1. The molecule has 0 aliphatic heterocycles. The molecule has 3 unspecified atom stereocenters. The molecule has 0 radical (unpaired) electrons. The van der Waals surface area contributed by atoms with Crippen molar-refractivity contribution in [1.29, 1.82) is 0 Å². The van der Waals surface area contributed by atoms with Crippen LogP contribution in [0.1, 0.15) is 12.8 Å². The molecular weight excluding hydrogens is 334 g/mol. The van der Waals surface area contributed by atoms with Gasteiger partial charge in [0.15, 0.2) is 16.7 Å². The van der Waals surface area contributed by atoms with Gasteiger partial charge in [0, 0.05) is 18.4 Å². The van der Waals surface area contributed by atoms with Crippen molar-refractivity contribution < 1.29 is 19.8 Å². The number of ketones is 1. The zero-order valence-electron chi connectivity index (χ0n) is 12.9. The van der Waals surface area contributed by atoms with E-state index in [4.69, 9.17) is 5.73 Å². The summed E-state index contributed by atoms with van der Waals surface area (Å²) in [6, 6.07) is -0.557. The van der Waals surface area contributed by atoms with Crippen molar-refractivity contribution in [2.45, 2.75) is 24.0 Å². The van der Waals surface area contributed by atoms with Gasteiger partial charge in [0.05, 0.1) is 18.2 Å². The van der Waals surface area contributed by atoms with Gasteiger partial charge >= 0.3 is 11.5 Å². The van der Waals surface area contributed by atoms with E-state index in [1.807, 2.05) is 0 Å². The molecule has 9 heteroatoms. The van der Waals surface area contributed by atoms with Gasteiger partial charge in [0.2, 0.25) is 0 Å². The summed E-state index contributed by atoms with van der Waals surface area (Å²) in [5.41, 5.74) is 5.85. The Morgan fingerprint density at radius 3 is 2.88 bits per heavy atom. The average Bonchev–Trinajstić information content (AvgIpc) is 2.55. The number of aryl methyl sites for hydroxylation is 1. The van der Waals surface area contributed by atoms with Crippen LogP contribution in [0.5, 0.6) is 5.75 Å². The first-order valence-electron chi connectivity index (χ1n) is 7.45. The molecular formula is C15H17N3O5S. The summed E-state index contributed by atoms with van der Waals surface area (Å²) in [6.07, 6.45) is 2.50. The molecule has 2 aliphatic rings. The number of nitrogens with zero attached hydrogens (tertiary/aromatic N) is 2. The molecule has 0 bridgehead atoms. The highest BCUT2D eigenvalue weighted by Gasteiger charge is 2.53. The van der Waals surface area contributed by atoms with Crippen molar-refractivity contribution in [3.63, 3.8) is 0 Å². The zero-order chi connectivity index (χ0) is 17.6. The van der Waals surface area contributed by atoms with Crippen LogP contribution in [0.3, 0.4) is 0 Å². The van der Waals surface area contributed by atoms with E-state index in [-0.39, 0.29) is 17.3 Å². The van der Waals surface area contributed by atoms with E-state index < -0.39 is 29.2 Å². The number of carbonyl (C=O) groups excluding carboxylic acids is 1. The van der Waals surface area contributed by atoms with Crippen molar-refractivity contribution in [3.8, 4) is 5.75 Å². The Morgan fingerprint density at radius 2 is 2.21 bits per heavy atom. The van der Waals surface area contributed by atoms with Crippen molar-refractivity contribution >= 4 is 23.5 Å². The topological polar surface area (TPSA) is 136 Å². The minimum absolute atomic E-state index is 0.0893. The van der Waals surface area contributed by atoms with E-state index in [0.717, 1.165) is 0 Å². The van der Waals surface area contributed by atoms with Crippen molar-refractivity contribution in [1.82, 2.24) is 9.55 Å². The lowest BCUT2D eigenvalue weighted by Crippen LogP contribution is -2.59. The van der Waals surface area contributed by atoms with Gasteiger partial charge in [-0.3, -0.25) is 9.59 Å². The maximum atomic E-state index is 12.0. The van der Waals surface area contributed by atoms with Crippen molar-refractivity contribution in [2.75, 3.05) is 5.75 Å². The number of thioether (sulfide) groups is 1. The van der Waals surface area contributed by atoms with Gasteiger partial charge in [-0.2, -0.15) is 4.98 Å². The number of aromatic nitrogens is 2. The fourth-order valence-electron chi connectivity index (χ4n) is 3.35. The molecule has 0 amide bonds. The zero-order valence-corrected chi connectivity index (χ0v) is 13.7. The molecule has 0 saturated heterocycles. The number of aliphatic carboxylic acids is 1. The molecule has 24 heavy (non-hydrogen) atoms. The van der Waals surface area contributed by atoms with Crippen LogP contribution in [0.4, 0.5) is 0 Å². The molecule has 0 aromatic carbocycles. The molecule has 1 aromatic rings. The highest BCUT2D eigenvalue weighted by Crippen LogP contribution is 2.45. The predicted molar refractivity (Wildman–Crippen MR) is 85.7 cm³/mol. The third-order valence-corrected chi connectivity index (χ3v) is 5.77. The molecule has 128 valence electrons. The molecule has 8 nitrogen and oxygen atoms in total. The van der Waals surface area contributed by atoms with Gasteiger partial charge in [-0.1, -0.05) is 11.8 Å². The van der Waals surface area contributed by atoms with Crippen molar-refractivity contribution in [3.05, 3.63) is 27.7 Å². The Bertz CT molecular complexity index is 816. The SMILES string of the molecule is Cn1cc(O)c(=O)nc1SCC1=C(C(=O)O)C2C(=O)C(N)C2CC1. The summed E-state index contributed by atoms with van der Waals surface area (Å²) in [4.78, 5) is 38.8. The van der Waals surface area contributed by atoms with Gasteiger partial charge in [-0.05, 0) is 24.3 Å². The van der Waals surface area contributed by atoms with Crippen LogP contribution in [0.2, 0.25) is 0 Å². The van der Waals surface area contributed by atoms with E-state index in [1.165, 1.54) is 22.5 Å². The summed E-state index contributed by atoms with van der Waals surface area (Å²) < 4.78 is 1.50. The highest BCUT2D eigenvalue weighted by molar-refractivity contribution is 7.99. The number of carboxylic acid groups (broad SMARTS) is 1. The Labute approximate surface area is 141 Å². The lowest BCUT2D eigenvalue weighted by molar-refractivity contribution is -0.142. The Kier molecular flexibility index (Phi) is 4.22. The Balaban J connectivity index is 1.86. The molecule has 2 aliphatic carbocycles. The minimum atomic E-state index is -1.09. The molecule has 3 atom stereocenters. The van der Waals surface area contributed by atoms with Crippen LogP contribution in [-0.4, -0.2) is 43.3 Å². The van der Waals surface area contributed by atoms with Crippen LogP contribution in [-0.2, 0) is 16.6 Å². The first-order chi connectivity index (χ1) is 11.3. The number of Topliss-reactive ketones (excluding diaryl/α,β-unsaturated/α-hetero) is 1. The number of carbonyl (C=O) groups is 2. The van der Waals surface area contributed by atoms with E-state index in [1.54, 1.807) is 7.05 Å². The van der Waals surface area contributed by atoms with Crippen LogP contribution < -0.4 is 11.3 Å². The monoisotopic (exact) mass is 351 g/mol. The number of rotatable bonds is 4. The maximum absolute atomic E-state index is 12.0. The van der Waals surface area contributed by atoms with Crippen LogP contribution in [0, 0.1) is 11.8 Å². The number of carboxylic acids is 1. The third kappa shape index (κ3) is 2.63. The number of aromatic hydroxyl groups is 1. The molecule has 4 N–H and O–H groups in total. The summed E-state index contributed by atoms with van der Waals surface area (Å²) in [6.45, 7) is 0. The van der Waals surface area contributed by atoms with Crippen molar-refractivity contribution in [2.24, 2.45) is 24.6 Å². The Morgan fingerprint density at radius 1 is 1.50 bits per heavy atom. The summed E-state index contributed by atoms with van der Waals surface area (Å²) in [5, 5.41) is 19.2. The van der Waals surface area contributed by atoms with Crippen LogP contribution in [0.25, 0.3) is 0 Å². The number of fused-ring (bicyclic) bond motifs is 1. The van der Waals surface area contributed by atoms with E-state index in [2.05, 4.69) is 4.98 Å². The number of hydrogen-bond acceptors (Lipinski definition) is 7. The first kappa shape index (κ1) is 16.7. The van der Waals surface area contributed by atoms with Gasteiger partial charge in [0.25, 0.3) is 0 Å². The average molecular weight is 351 g/mol. The maximum Gasteiger partial charge on any atom is 0.332 e. The predicted octanol–water partition coefficient (Wildman–Crippen LogP) is -0.105. The second-order valence-corrected chi connectivity index (χ2v) is 6.99. The normalized spacial score (nSPS) is 26.1. The van der Waals surface area contributed by atoms with E-state index >= 15 is 0 Å². The van der Waals surface area contributed by atoms with Crippen LogP contribution in [0.15, 0.2) is 27.3 Å². The molecule has 0 spiro atoms. The number of hydrogen-bond donors (Lipinski definition) is 3. The van der Waals surface area contributed by atoms with E-state index in [9.17, 15) is 24.6 Å². The van der Waals surface area contributed by atoms with E-state index in [0.29, 0.717) is 29.3 Å². The molecule has 1 fully saturated rings. The fraction of sp³-hybridized carbons (Fsp3) is 0.467.